The van der Waals surface area contributed by atoms with E-state index in [0.29, 0.717) is 37.2 Å². The number of allylic oxidation sites excluding steroid dienone is 1. The fourth-order valence-corrected chi connectivity index (χ4v) is 5.46. The summed E-state index contributed by atoms with van der Waals surface area (Å²) >= 11 is 1.62. The van der Waals surface area contributed by atoms with Crippen molar-refractivity contribution in [3.63, 3.8) is 0 Å². The topological polar surface area (TPSA) is 127 Å². The number of alkyl halides is 3. The Hall–Kier alpha value is -3.19. The molecular formula is C21H20F3N3O6S. The largest absolute Gasteiger partial charge is 0.490 e. The lowest BCUT2D eigenvalue weighted by Gasteiger charge is -2.48. The van der Waals surface area contributed by atoms with E-state index in [1.807, 2.05) is 17.5 Å². The Balaban J connectivity index is 0.000000344. The van der Waals surface area contributed by atoms with Crippen LogP contribution in [0.15, 0.2) is 40.4 Å². The zero-order valence-corrected chi connectivity index (χ0v) is 18.4. The number of hydrogen-bond donors (Lipinski definition) is 3. The number of aliphatic carboxylic acids is 2. The summed E-state index contributed by atoms with van der Waals surface area (Å²) in [5, 5.41) is 22.0. The molecule has 9 nitrogen and oxygen atoms in total. The van der Waals surface area contributed by atoms with Crippen molar-refractivity contribution in [2.75, 3.05) is 13.1 Å². The highest BCUT2D eigenvalue weighted by Crippen LogP contribution is 2.47. The Morgan fingerprint density at radius 2 is 1.97 bits per heavy atom. The molecule has 5 rings (SSSR count). The smallest absolute Gasteiger partial charge is 0.477 e. The molecule has 4 aliphatic heterocycles. The van der Waals surface area contributed by atoms with Crippen molar-refractivity contribution in [2.24, 2.45) is 5.92 Å². The monoisotopic (exact) mass is 499 g/mol. The van der Waals surface area contributed by atoms with Gasteiger partial charge in [-0.15, -0.1) is 11.3 Å². The van der Waals surface area contributed by atoms with Crippen LogP contribution < -0.4 is 5.32 Å². The van der Waals surface area contributed by atoms with E-state index < -0.39 is 18.1 Å². The van der Waals surface area contributed by atoms with Crippen LogP contribution in [0.1, 0.15) is 17.7 Å². The van der Waals surface area contributed by atoms with Gasteiger partial charge in [-0.25, -0.2) is 9.59 Å². The van der Waals surface area contributed by atoms with E-state index in [1.165, 1.54) is 4.90 Å². The van der Waals surface area contributed by atoms with Gasteiger partial charge in [0.15, 0.2) is 0 Å². The van der Waals surface area contributed by atoms with E-state index in [9.17, 15) is 32.7 Å². The molecule has 3 fully saturated rings. The number of thiophene rings is 1. The summed E-state index contributed by atoms with van der Waals surface area (Å²) in [5.74, 6) is -4.07. The molecular weight excluding hydrogens is 479 g/mol. The highest BCUT2D eigenvalue weighted by Gasteiger charge is 2.60. The van der Waals surface area contributed by atoms with Crippen LogP contribution in [0.4, 0.5) is 13.2 Å². The highest BCUT2D eigenvalue weighted by atomic mass is 32.1. The van der Waals surface area contributed by atoms with Crippen LogP contribution in [0.2, 0.25) is 0 Å². The van der Waals surface area contributed by atoms with Gasteiger partial charge in [0.05, 0.1) is 12.6 Å². The molecule has 1 aromatic heterocycles. The summed E-state index contributed by atoms with van der Waals surface area (Å²) in [6, 6.07) is 3.56. The molecule has 0 spiro atoms. The maximum atomic E-state index is 12.8. The lowest BCUT2D eigenvalue weighted by atomic mass is 9.79. The molecule has 1 unspecified atom stereocenters. The van der Waals surface area contributed by atoms with E-state index >= 15 is 0 Å². The van der Waals surface area contributed by atoms with Gasteiger partial charge < -0.3 is 20.4 Å². The minimum atomic E-state index is -5.08. The van der Waals surface area contributed by atoms with Crippen LogP contribution in [0.25, 0.3) is 0 Å². The van der Waals surface area contributed by atoms with Crippen molar-refractivity contribution in [3.8, 4) is 0 Å². The van der Waals surface area contributed by atoms with Crippen molar-refractivity contribution in [3.05, 3.63) is 45.3 Å². The number of halogens is 3. The second kappa shape index (κ2) is 8.87. The summed E-state index contributed by atoms with van der Waals surface area (Å²) in [7, 11) is 0. The molecule has 182 valence electrons. The van der Waals surface area contributed by atoms with Crippen LogP contribution in [-0.4, -0.2) is 75.1 Å². The van der Waals surface area contributed by atoms with Gasteiger partial charge in [0.2, 0.25) is 11.8 Å². The van der Waals surface area contributed by atoms with Crippen molar-refractivity contribution < 1.29 is 42.6 Å². The van der Waals surface area contributed by atoms with Crippen molar-refractivity contribution in [1.29, 1.82) is 0 Å². The van der Waals surface area contributed by atoms with E-state index in [2.05, 4.69) is 5.32 Å². The first-order chi connectivity index (χ1) is 16.0. The van der Waals surface area contributed by atoms with E-state index in [4.69, 9.17) is 9.90 Å². The number of piperidine rings is 1. The second-order valence-corrected chi connectivity index (χ2v) is 9.20. The number of carboxylic acid groups (broad SMARTS) is 2. The number of carboxylic acids is 2. The molecule has 0 aromatic carbocycles. The molecule has 1 aromatic rings. The second-order valence-electron chi connectivity index (χ2n) is 8.16. The quantitative estimate of drug-likeness (QED) is 0.424. The average Bonchev–Trinajstić information content (AvgIpc) is 3.47. The molecule has 3 N–H and O–H groups in total. The average molecular weight is 499 g/mol. The zero-order valence-electron chi connectivity index (χ0n) is 17.5. The van der Waals surface area contributed by atoms with Crippen LogP contribution in [0.5, 0.6) is 0 Å². The van der Waals surface area contributed by atoms with Gasteiger partial charge >= 0.3 is 18.1 Å². The van der Waals surface area contributed by atoms with Crippen LogP contribution in [0.3, 0.4) is 0 Å². The molecule has 0 saturated carbocycles. The highest BCUT2D eigenvalue weighted by molar-refractivity contribution is 7.09. The Morgan fingerprint density at radius 3 is 2.56 bits per heavy atom. The Kier molecular flexibility index (Phi) is 6.25. The van der Waals surface area contributed by atoms with Crippen molar-refractivity contribution in [1.82, 2.24) is 15.1 Å². The van der Waals surface area contributed by atoms with Gasteiger partial charge in [-0.1, -0.05) is 6.07 Å². The third kappa shape index (κ3) is 4.20. The molecule has 0 aliphatic carbocycles. The third-order valence-corrected chi connectivity index (χ3v) is 7.06. The van der Waals surface area contributed by atoms with Crippen LogP contribution in [0, 0.1) is 5.92 Å². The maximum absolute atomic E-state index is 12.8. The fourth-order valence-electron chi connectivity index (χ4n) is 4.74. The summed E-state index contributed by atoms with van der Waals surface area (Å²) < 4.78 is 31.7. The first kappa shape index (κ1) is 24.0. The van der Waals surface area contributed by atoms with Gasteiger partial charge in [-0.2, -0.15) is 13.2 Å². The van der Waals surface area contributed by atoms with Crippen molar-refractivity contribution >= 4 is 35.1 Å². The first-order valence-corrected chi connectivity index (χ1v) is 11.2. The lowest BCUT2D eigenvalue weighted by molar-refractivity contribution is -0.192. The zero-order chi connectivity index (χ0) is 24.8. The summed E-state index contributed by atoms with van der Waals surface area (Å²) in [6.07, 6.45) is -1.94. The molecule has 0 bridgehead atoms. The Morgan fingerprint density at radius 1 is 1.26 bits per heavy atom. The maximum Gasteiger partial charge on any atom is 0.490 e. The van der Waals surface area contributed by atoms with Crippen molar-refractivity contribution in [2.45, 2.75) is 37.6 Å². The molecule has 3 atom stereocenters. The number of amides is 2. The third-order valence-electron chi connectivity index (χ3n) is 6.20. The van der Waals surface area contributed by atoms with E-state index in [1.54, 1.807) is 22.3 Å². The summed E-state index contributed by atoms with van der Waals surface area (Å²) in [5.41, 5.74) is 1.35. The standard InChI is InChI=1S/C19H19N3O4S.C2HF3O2/c23-17-10(4-6-21(17)9-11-2-1-7-27-11)8-13-12-3-5-20-14-15(12)22(18(14)24)16(13)19(25)26;3-2(4,5)1(6)7/h1-2,7-8,12,14-15,20H,3-6,9H2,(H,25,26);(H,6,7)/b10-8+;/t12?,14-,15+;/m0./s1. The van der Waals surface area contributed by atoms with Crippen LogP contribution >= 0.6 is 11.3 Å². The van der Waals surface area contributed by atoms with Gasteiger partial charge in [0, 0.05) is 22.9 Å². The molecule has 0 radical (unpaired) electrons. The number of hydrogen-bond acceptors (Lipinski definition) is 6. The lowest BCUT2D eigenvalue weighted by Crippen LogP contribution is -2.71. The summed E-state index contributed by atoms with van der Waals surface area (Å²) in [4.78, 5) is 50.2. The fraction of sp³-hybridized carbons (Fsp3) is 0.429. The minimum absolute atomic E-state index is 0.00769. The predicted molar refractivity (Wildman–Crippen MR) is 111 cm³/mol. The normalized spacial score (nSPS) is 26.9. The van der Waals surface area contributed by atoms with Gasteiger partial charge in [0.25, 0.3) is 0 Å². The Bertz CT molecular complexity index is 1100. The van der Waals surface area contributed by atoms with E-state index in [-0.39, 0.29) is 35.5 Å². The number of carbonyl (C=O) groups excluding carboxylic acids is 2. The number of rotatable bonds is 4. The molecule has 13 heteroatoms. The van der Waals surface area contributed by atoms with Gasteiger partial charge in [-0.3, -0.25) is 14.5 Å². The Labute approximate surface area is 195 Å². The number of nitrogens with one attached hydrogen (secondary N) is 1. The SMILES string of the molecule is O=C(O)C(F)(F)F.O=C(O)C1=C(/C=C2\CCN(Cc3cccs3)C2=O)C2CCN[C@@H]3C(=O)N1[C@H]23. The number of nitrogens with zero attached hydrogens (tertiary/aromatic N) is 2. The molecule has 5 heterocycles. The summed E-state index contributed by atoms with van der Waals surface area (Å²) in [6.45, 7) is 1.91. The first-order valence-electron chi connectivity index (χ1n) is 10.4. The molecule has 4 aliphatic rings. The minimum Gasteiger partial charge on any atom is -0.477 e. The number of carbonyl (C=O) groups is 4. The predicted octanol–water partition coefficient (Wildman–Crippen LogP) is 1.58. The van der Waals surface area contributed by atoms with E-state index in [0.717, 1.165) is 11.3 Å². The number of likely N-dealkylation sites (tertiary alicyclic amines) is 1. The van der Waals surface area contributed by atoms with Gasteiger partial charge in [0.1, 0.15) is 11.7 Å². The molecule has 3 saturated heterocycles. The molecule has 34 heavy (non-hydrogen) atoms. The van der Waals surface area contributed by atoms with Gasteiger partial charge in [-0.05, 0) is 42.5 Å². The van der Waals surface area contributed by atoms with Crippen LogP contribution in [-0.2, 0) is 25.7 Å². The number of β-lactam (4-membered cyclic amide) rings is 1. The molecule has 2 amide bonds.